The van der Waals surface area contributed by atoms with E-state index in [9.17, 15) is 0 Å². The molecule has 2 aromatic heterocycles. The molecule has 0 aliphatic carbocycles. The lowest BCUT2D eigenvalue weighted by Gasteiger charge is -2.12. The first-order valence-corrected chi connectivity index (χ1v) is 8.47. The van der Waals surface area contributed by atoms with Crippen LogP contribution in [0.5, 0.6) is 0 Å². The van der Waals surface area contributed by atoms with Gasteiger partial charge in [0.05, 0.1) is 16.3 Å². The monoisotopic (exact) mass is 304 g/mol. The standard InChI is InChI=1S/C15H16N2OS2/c1-9-4-7-13(18-9)10(2)16-11-5-6-12-14(8-11)20-15(17-12)19-3/h4-8,10,16H,1-3H3. The number of rotatable bonds is 4. The lowest BCUT2D eigenvalue weighted by molar-refractivity contribution is 0.467. The number of hydrogen-bond donors (Lipinski definition) is 1. The van der Waals surface area contributed by atoms with E-state index in [1.54, 1.807) is 23.1 Å². The number of anilines is 1. The molecule has 0 aliphatic rings. The summed E-state index contributed by atoms with van der Waals surface area (Å²) in [6.45, 7) is 4.06. The number of furan rings is 1. The van der Waals surface area contributed by atoms with Gasteiger partial charge >= 0.3 is 0 Å². The van der Waals surface area contributed by atoms with E-state index in [1.807, 2.05) is 19.1 Å². The third-order valence-corrected chi connectivity index (χ3v) is 5.12. The molecule has 0 saturated carbocycles. The van der Waals surface area contributed by atoms with Crippen LogP contribution in [0.1, 0.15) is 24.5 Å². The highest BCUT2D eigenvalue weighted by Gasteiger charge is 2.10. The van der Waals surface area contributed by atoms with Gasteiger partial charge in [-0.1, -0.05) is 11.8 Å². The number of thioether (sulfide) groups is 1. The Kier molecular flexibility index (Phi) is 3.72. The average Bonchev–Trinajstić information content (AvgIpc) is 3.03. The fourth-order valence-electron chi connectivity index (χ4n) is 2.09. The topological polar surface area (TPSA) is 38.1 Å². The first-order chi connectivity index (χ1) is 9.65. The third kappa shape index (κ3) is 2.69. The molecule has 1 unspecified atom stereocenters. The van der Waals surface area contributed by atoms with Crippen LogP contribution >= 0.6 is 23.1 Å². The minimum atomic E-state index is 0.147. The van der Waals surface area contributed by atoms with Crippen LogP contribution in [0.3, 0.4) is 0 Å². The molecular weight excluding hydrogens is 288 g/mol. The van der Waals surface area contributed by atoms with Crippen LogP contribution in [0, 0.1) is 6.92 Å². The number of fused-ring (bicyclic) bond motifs is 1. The fourth-order valence-corrected chi connectivity index (χ4v) is 3.62. The van der Waals surface area contributed by atoms with E-state index in [4.69, 9.17) is 4.42 Å². The molecule has 0 fully saturated rings. The summed E-state index contributed by atoms with van der Waals surface area (Å²) >= 11 is 3.41. The van der Waals surface area contributed by atoms with Crippen LogP contribution < -0.4 is 5.32 Å². The highest BCUT2D eigenvalue weighted by Crippen LogP contribution is 2.31. The molecule has 3 aromatic rings. The summed E-state index contributed by atoms with van der Waals surface area (Å²) in [5.74, 6) is 1.90. The van der Waals surface area contributed by atoms with Gasteiger partial charge in [0.15, 0.2) is 4.34 Å². The van der Waals surface area contributed by atoms with E-state index in [0.29, 0.717) is 0 Å². The first-order valence-electron chi connectivity index (χ1n) is 6.43. The van der Waals surface area contributed by atoms with E-state index in [2.05, 4.69) is 41.7 Å². The van der Waals surface area contributed by atoms with Gasteiger partial charge in [-0.15, -0.1) is 11.3 Å². The van der Waals surface area contributed by atoms with E-state index < -0.39 is 0 Å². The summed E-state index contributed by atoms with van der Waals surface area (Å²) in [6.07, 6.45) is 2.05. The number of hydrogen-bond acceptors (Lipinski definition) is 5. The average molecular weight is 304 g/mol. The lowest BCUT2D eigenvalue weighted by Crippen LogP contribution is -2.05. The zero-order valence-corrected chi connectivity index (χ0v) is 13.3. The van der Waals surface area contributed by atoms with Gasteiger partial charge in [0.25, 0.3) is 0 Å². The molecule has 3 rings (SSSR count). The second-order valence-electron chi connectivity index (χ2n) is 4.68. The summed E-state index contributed by atoms with van der Waals surface area (Å²) in [6, 6.07) is 10.4. The van der Waals surface area contributed by atoms with Crippen molar-refractivity contribution < 1.29 is 4.42 Å². The van der Waals surface area contributed by atoms with Crippen LogP contribution in [-0.4, -0.2) is 11.2 Å². The van der Waals surface area contributed by atoms with Crippen LogP contribution in [-0.2, 0) is 0 Å². The van der Waals surface area contributed by atoms with Crippen molar-refractivity contribution in [1.29, 1.82) is 0 Å². The van der Waals surface area contributed by atoms with Gasteiger partial charge in [-0.05, 0) is 50.4 Å². The highest BCUT2D eigenvalue weighted by atomic mass is 32.2. The van der Waals surface area contributed by atoms with Crippen LogP contribution in [0.4, 0.5) is 5.69 Å². The van der Waals surface area contributed by atoms with Crippen molar-refractivity contribution >= 4 is 39.0 Å². The molecule has 0 bridgehead atoms. The van der Waals surface area contributed by atoms with Crippen LogP contribution in [0.25, 0.3) is 10.2 Å². The SMILES string of the molecule is CSc1nc2ccc(NC(C)c3ccc(C)o3)cc2s1. The van der Waals surface area contributed by atoms with Crippen molar-refractivity contribution in [2.75, 3.05) is 11.6 Å². The molecular formula is C15H16N2OS2. The number of aryl methyl sites for hydroxylation is 1. The molecule has 0 saturated heterocycles. The van der Waals surface area contributed by atoms with E-state index in [-0.39, 0.29) is 6.04 Å². The number of benzene rings is 1. The third-order valence-electron chi connectivity index (χ3n) is 3.11. The minimum Gasteiger partial charge on any atom is -0.464 e. The molecule has 0 spiro atoms. The number of nitrogens with zero attached hydrogens (tertiary/aromatic N) is 1. The summed E-state index contributed by atoms with van der Waals surface area (Å²) < 4.78 is 7.96. The molecule has 3 nitrogen and oxygen atoms in total. The Labute approximate surface area is 126 Å². The maximum Gasteiger partial charge on any atom is 0.150 e. The largest absolute Gasteiger partial charge is 0.464 e. The fraction of sp³-hybridized carbons (Fsp3) is 0.267. The Morgan fingerprint density at radius 2 is 2.15 bits per heavy atom. The second kappa shape index (κ2) is 5.50. The normalized spacial score (nSPS) is 12.8. The molecule has 0 amide bonds. The van der Waals surface area contributed by atoms with Gasteiger partial charge in [0.1, 0.15) is 11.5 Å². The minimum absolute atomic E-state index is 0.147. The molecule has 0 aliphatic heterocycles. The number of aromatic nitrogens is 1. The maximum absolute atomic E-state index is 5.65. The van der Waals surface area contributed by atoms with Gasteiger partial charge in [-0.25, -0.2) is 4.98 Å². The Bertz CT molecular complexity index is 732. The zero-order valence-electron chi connectivity index (χ0n) is 11.6. The molecule has 104 valence electrons. The van der Waals surface area contributed by atoms with E-state index >= 15 is 0 Å². The molecule has 1 aromatic carbocycles. The number of nitrogens with one attached hydrogen (secondary N) is 1. The summed E-state index contributed by atoms with van der Waals surface area (Å²) in [5, 5.41) is 3.47. The number of thiazole rings is 1. The molecule has 2 heterocycles. The van der Waals surface area contributed by atoms with Crippen molar-refractivity contribution in [2.24, 2.45) is 0 Å². The van der Waals surface area contributed by atoms with Gasteiger partial charge < -0.3 is 9.73 Å². The maximum atomic E-state index is 5.65. The lowest BCUT2D eigenvalue weighted by atomic mass is 10.2. The smallest absolute Gasteiger partial charge is 0.150 e. The van der Waals surface area contributed by atoms with E-state index in [0.717, 1.165) is 27.1 Å². The highest BCUT2D eigenvalue weighted by molar-refractivity contribution is 8.00. The zero-order chi connectivity index (χ0) is 14.1. The van der Waals surface area contributed by atoms with Crippen molar-refractivity contribution in [2.45, 2.75) is 24.2 Å². The van der Waals surface area contributed by atoms with Gasteiger partial charge in [0, 0.05) is 5.69 Å². The summed E-state index contributed by atoms with van der Waals surface area (Å²) in [4.78, 5) is 4.55. The quantitative estimate of drug-likeness (QED) is 0.681. The summed E-state index contributed by atoms with van der Waals surface area (Å²) in [7, 11) is 0. The van der Waals surface area contributed by atoms with Crippen molar-refractivity contribution in [3.63, 3.8) is 0 Å². The second-order valence-corrected chi connectivity index (χ2v) is 6.76. The Morgan fingerprint density at radius 1 is 1.30 bits per heavy atom. The van der Waals surface area contributed by atoms with Crippen LogP contribution in [0.15, 0.2) is 39.1 Å². The summed E-state index contributed by atoms with van der Waals surface area (Å²) in [5.41, 5.74) is 2.15. The molecule has 20 heavy (non-hydrogen) atoms. The van der Waals surface area contributed by atoms with Crippen molar-refractivity contribution in [3.05, 3.63) is 41.9 Å². The van der Waals surface area contributed by atoms with Gasteiger partial charge in [-0.2, -0.15) is 0 Å². The molecule has 5 heteroatoms. The first kappa shape index (κ1) is 13.5. The predicted octanol–water partition coefficient (Wildman–Crippen LogP) is 5.09. The van der Waals surface area contributed by atoms with Crippen LogP contribution in [0.2, 0.25) is 0 Å². The van der Waals surface area contributed by atoms with Crippen molar-refractivity contribution in [3.8, 4) is 0 Å². The molecule has 1 atom stereocenters. The molecule has 0 radical (unpaired) electrons. The van der Waals surface area contributed by atoms with Gasteiger partial charge in [-0.3, -0.25) is 0 Å². The van der Waals surface area contributed by atoms with Gasteiger partial charge in [0.2, 0.25) is 0 Å². The Balaban J connectivity index is 1.83. The molecule has 1 N–H and O–H groups in total. The van der Waals surface area contributed by atoms with E-state index in [1.165, 1.54) is 4.70 Å². The Morgan fingerprint density at radius 3 is 2.85 bits per heavy atom. The van der Waals surface area contributed by atoms with Crippen molar-refractivity contribution in [1.82, 2.24) is 4.98 Å². The predicted molar refractivity (Wildman–Crippen MR) is 86.9 cm³/mol. The Hall–Kier alpha value is -1.46.